The van der Waals surface area contributed by atoms with Crippen molar-refractivity contribution in [3.8, 4) is 6.07 Å². The second-order valence-electron chi connectivity index (χ2n) is 4.82. The molecule has 0 aliphatic carbocycles. The van der Waals surface area contributed by atoms with E-state index in [0.29, 0.717) is 12.1 Å². The van der Waals surface area contributed by atoms with E-state index in [1.807, 2.05) is 12.1 Å². The zero-order chi connectivity index (χ0) is 13.8. The molecule has 1 fully saturated rings. The normalized spacial score (nSPS) is 22.8. The van der Waals surface area contributed by atoms with Crippen molar-refractivity contribution in [1.82, 2.24) is 5.32 Å². The summed E-state index contributed by atoms with van der Waals surface area (Å²) in [5.41, 5.74) is 1.58. The maximum absolute atomic E-state index is 11.0. The Morgan fingerprint density at radius 2 is 2.16 bits per heavy atom. The fraction of sp³-hybridized carbons (Fsp3) is 0.429. The zero-order valence-corrected chi connectivity index (χ0v) is 10.8. The highest BCUT2D eigenvalue weighted by Crippen LogP contribution is 2.24. The molecule has 0 amide bonds. The van der Waals surface area contributed by atoms with Crippen LogP contribution in [0.5, 0.6) is 0 Å². The van der Waals surface area contributed by atoms with Crippen LogP contribution in [0.2, 0.25) is 0 Å². The minimum absolute atomic E-state index is 0.0609. The summed E-state index contributed by atoms with van der Waals surface area (Å²) >= 11 is 0. The molecule has 0 bridgehead atoms. The van der Waals surface area contributed by atoms with E-state index in [2.05, 4.69) is 23.2 Å². The summed E-state index contributed by atoms with van der Waals surface area (Å²) in [7, 11) is 0. The van der Waals surface area contributed by atoms with Crippen molar-refractivity contribution in [2.24, 2.45) is 0 Å². The number of rotatable bonds is 3. The standard InChI is InChI=1S/C14H17N3O2/c1-10-8-16-9-13(6-14(18)19)17(10)12-4-2-11(7-15)3-5-12/h2-5,10,13,16H,6,8-9H2,1H3,(H,18,19). The molecule has 1 heterocycles. The highest BCUT2D eigenvalue weighted by Gasteiger charge is 2.29. The summed E-state index contributed by atoms with van der Waals surface area (Å²) < 4.78 is 0. The predicted octanol–water partition coefficient (Wildman–Crippen LogP) is 1.20. The Morgan fingerprint density at radius 1 is 1.47 bits per heavy atom. The number of piperazine rings is 1. The largest absolute Gasteiger partial charge is 0.481 e. The van der Waals surface area contributed by atoms with Crippen molar-refractivity contribution in [3.63, 3.8) is 0 Å². The van der Waals surface area contributed by atoms with Gasteiger partial charge in [-0.15, -0.1) is 0 Å². The van der Waals surface area contributed by atoms with Crippen molar-refractivity contribution >= 4 is 11.7 Å². The summed E-state index contributed by atoms with van der Waals surface area (Å²) in [6, 6.07) is 9.55. The van der Waals surface area contributed by atoms with E-state index in [4.69, 9.17) is 10.4 Å². The molecule has 2 N–H and O–H groups in total. The number of carboxylic acid groups (broad SMARTS) is 1. The molecule has 1 aromatic carbocycles. The highest BCUT2D eigenvalue weighted by atomic mass is 16.4. The number of aliphatic carboxylic acids is 1. The Bertz CT molecular complexity index is 492. The molecule has 0 saturated carbocycles. The maximum Gasteiger partial charge on any atom is 0.305 e. The van der Waals surface area contributed by atoms with Gasteiger partial charge in [-0.3, -0.25) is 4.79 Å². The SMILES string of the molecule is CC1CNCC(CC(=O)O)N1c1ccc(C#N)cc1. The molecule has 5 nitrogen and oxygen atoms in total. The lowest BCUT2D eigenvalue weighted by Gasteiger charge is -2.42. The van der Waals surface area contributed by atoms with Crippen LogP contribution in [-0.4, -0.2) is 36.2 Å². The third-order valence-electron chi connectivity index (χ3n) is 3.39. The van der Waals surface area contributed by atoms with Crippen molar-refractivity contribution in [2.45, 2.75) is 25.4 Å². The Kier molecular flexibility index (Phi) is 4.03. The van der Waals surface area contributed by atoms with Gasteiger partial charge in [0.1, 0.15) is 0 Å². The van der Waals surface area contributed by atoms with Gasteiger partial charge in [0.05, 0.1) is 24.1 Å². The van der Waals surface area contributed by atoms with Gasteiger partial charge in [-0.1, -0.05) is 0 Å². The van der Waals surface area contributed by atoms with E-state index in [0.717, 1.165) is 12.2 Å². The Hall–Kier alpha value is -2.06. The number of nitriles is 1. The zero-order valence-electron chi connectivity index (χ0n) is 10.8. The van der Waals surface area contributed by atoms with Crippen molar-refractivity contribution < 1.29 is 9.90 Å². The second kappa shape index (κ2) is 5.72. The van der Waals surface area contributed by atoms with Gasteiger partial charge >= 0.3 is 5.97 Å². The van der Waals surface area contributed by atoms with E-state index < -0.39 is 5.97 Å². The Balaban J connectivity index is 2.25. The molecule has 1 aromatic rings. The summed E-state index contributed by atoms with van der Waals surface area (Å²) in [6.07, 6.45) is 0.108. The molecule has 2 rings (SSSR count). The van der Waals surface area contributed by atoms with Gasteiger partial charge < -0.3 is 15.3 Å². The Labute approximate surface area is 112 Å². The Morgan fingerprint density at radius 3 is 2.74 bits per heavy atom. The van der Waals surface area contributed by atoms with Crippen molar-refractivity contribution in [3.05, 3.63) is 29.8 Å². The molecule has 1 aliphatic rings. The molecule has 0 aromatic heterocycles. The maximum atomic E-state index is 11.0. The number of anilines is 1. The number of nitrogens with one attached hydrogen (secondary N) is 1. The number of carbonyl (C=O) groups is 1. The van der Waals surface area contributed by atoms with Gasteiger partial charge in [0.2, 0.25) is 0 Å². The third kappa shape index (κ3) is 3.04. The third-order valence-corrected chi connectivity index (χ3v) is 3.39. The van der Waals surface area contributed by atoms with Gasteiger partial charge in [-0.05, 0) is 31.2 Å². The molecule has 100 valence electrons. The highest BCUT2D eigenvalue weighted by molar-refractivity contribution is 5.69. The summed E-state index contributed by atoms with van der Waals surface area (Å²) in [5.74, 6) is -0.792. The van der Waals surface area contributed by atoms with Crippen molar-refractivity contribution in [2.75, 3.05) is 18.0 Å². The molecular weight excluding hydrogens is 242 g/mol. The first kappa shape index (κ1) is 13.4. The lowest BCUT2D eigenvalue weighted by molar-refractivity contribution is -0.137. The van der Waals surface area contributed by atoms with Crippen molar-refractivity contribution in [1.29, 1.82) is 5.26 Å². The van der Waals surface area contributed by atoms with Crippen LogP contribution < -0.4 is 10.2 Å². The fourth-order valence-electron chi connectivity index (χ4n) is 2.56. The molecule has 2 unspecified atom stereocenters. The van der Waals surface area contributed by atoms with Gasteiger partial charge in [0.25, 0.3) is 0 Å². The molecular formula is C14H17N3O2. The quantitative estimate of drug-likeness (QED) is 0.853. The van der Waals surface area contributed by atoms with Crippen LogP contribution in [0.25, 0.3) is 0 Å². The van der Waals surface area contributed by atoms with Crippen LogP contribution in [0.4, 0.5) is 5.69 Å². The van der Waals surface area contributed by atoms with E-state index >= 15 is 0 Å². The molecule has 1 aliphatic heterocycles. The first-order valence-corrected chi connectivity index (χ1v) is 6.33. The van der Waals surface area contributed by atoms with Crippen LogP contribution >= 0.6 is 0 Å². The van der Waals surface area contributed by atoms with Crippen LogP contribution in [0.3, 0.4) is 0 Å². The van der Waals surface area contributed by atoms with Crippen LogP contribution in [-0.2, 0) is 4.79 Å². The van der Waals surface area contributed by atoms with E-state index in [1.165, 1.54) is 0 Å². The average Bonchev–Trinajstić information content (AvgIpc) is 2.38. The monoisotopic (exact) mass is 259 g/mol. The van der Waals surface area contributed by atoms with E-state index in [1.54, 1.807) is 12.1 Å². The average molecular weight is 259 g/mol. The van der Waals surface area contributed by atoms with Crippen LogP contribution in [0.1, 0.15) is 18.9 Å². The first-order chi connectivity index (χ1) is 9.11. The number of nitrogens with zero attached hydrogens (tertiary/aromatic N) is 2. The molecule has 0 radical (unpaired) electrons. The van der Waals surface area contributed by atoms with E-state index in [-0.39, 0.29) is 18.5 Å². The van der Waals surface area contributed by atoms with Crippen LogP contribution in [0, 0.1) is 11.3 Å². The number of carboxylic acids is 1. The minimum atomic E-state index is -0.792. The molecule has 2 atom stereocenters. The predicted molar refractivity (Wildman–Crippen MR) is 72.0 cm³/mol. The summed E-state index contributed by atoms with van der Waals surface area (Å²) in [4.78, 5) is 13.1. The molecule has 1 saturated heterocycles. The van der Waals surface area contributed by atoms with Gasteiger partial charge in [0, 0.05) is 24.8 Å². The smallest absolute Gasteiger partial charge is 0.305 e. The topological polar surface area (TPSA) is 76.4 Å². The van der Waals surface area contributed by atoms with Gasteiger partial charge in [-0.25, -0.2) is 0 Å². The summed E-state index contributed by atoms with van der Waals surface area (Å²) in [5, 5.41) is 21.1. The first-order valence-electron chi connectivity index (χ1n) is 6.33. The van der Waals surface area contributed by atoms with Crippen LogP contribution in [0.15, 0.2) is 24.3 Å². The molecule has 19 heavy (non-hydrogen) atoms. The fourth-order valence-corrected chi connectivity index (χ4v) is 2.56. The number of hydrogen-bond acceptors (Lipinski definition) is 4. The second-order valence-corrected chi connectivity index (χ2v) is 4.82. The van der Waals surface area contributed by atoms with Gasteiger partial charge in [-0.2, -0.15) is 5.26 Å². The minimum Gasteiger partial charge on any atom is -0.481 e. The summed E-state index contributed by atoms with van der Waals surface area (Å²) in [6.45, 7) is 3.56. The van der Waals surface area contributed by atoms with Gasteiger partial charge in [0.15, 0.2) is 0 Å². The van der Waals surface area contributed by atoms with E-state index in [9.17, 15) is 4.79 Å². The lowest BCUT2D eigenvalue weighted by Crippen LogP contribution is -2.57. The lowest BCUT2D eigenvalue weighted by atomic mass is 10.0. The molecule has 5 heteroatoms. The molecule has 0 spiro atoms. The number of benzene rings is 1. The number of hydrogen-bond donors (Lipinski definition) is 2.